The summed E-state index contributed by atoms with van der Waals surface area (Å²) in [5.74, 6) is -0.961. The van der Waals surface area contributed by atoms with Gasteiger partial charge in [0.2, 0.25) is 5.91 Å². The van der Waals surface area contributed by atoms with Gasteiger partial charge in [0.05, 0.1) is 5.41 Å². The molecule has 1 saturated heterocycles. The predicted octanol–water partition coefficient (Wildman–Crippen LogP) is 1.81. The molecule has 1 amide bonds. The first-order chi connectivity index (χ1) is 9.57. The monoisotopic (exact) mass is 274 g/mol. The van der Waals surface area contributed by atoms with Gasteiger partial charge in [-0.2, -0.15) is 0 Å². The summed E-state index contributed by atoms with van der Waals surface area (Å²) in [6.07, 6.45) is 7.57. The van der Waals surface area contributed by atoms with Crippen molar-refractivity contribution in [1.82, 2.24) is 9.88 Å². The lowest BCUT2D eigenvalue weighted by atomic mass is 9.84. The lowest BCUT2D eigenvalue weighted by Crippen LogP contribution is -2.35. The van der Waals surface area contributed by atoms with E-state index in [1.807, 2.05) is 13.0 Å². The van der Waals surface area contributed by atoms with Crippen molar-refractivity contribution in [3.63, 3.8) is 0 Å². The van der Waals surface area contributed by atoms with Gasteiger partial charge in [0.1, 0.15) is 0 Å². The molecule has 1 N–H and O–H groups in total. The number of amides is 1. The molecule has 0 aromatic carbocycles. The highest BCUT2D eigenvalue weighted by molar-refractivity contribution is 5.92. The zero-order valence-corrected chi connectivity index (χ0v) is 11.5. The highest BCUT2D eigenvalue weighted by Gasteiger charge is 2.44. The molecule has 0 bridgehead atoms. The minimum atomic E-state index is -0.813. The Labute approximate surface area is 117 Å². The first-order valence-electron chi connectivity index (χ1n) is 6.68. The predicted molar refractivity (Wildman–Crippen MR) is 74.8 cm³/mol. The number of pyridine rings is 1. The molecule has 0 spiro atoms. The Morgan fingerprint density at radius 3 is 2.90 bits per heavy atom. The molecule has 1 aromatic rings. The van der Waals surface area contributed by atoms with Gasteiger partial charge in [-0.3, -0.25) is 14.6 Å². The van der Waals surface area contributed by atoms with E-state index in [4.69, 9.17) is 0 Å². The molecule has 1 aliphatic rings. The van der Waals surface area contributed by atoms with Gasteiger partial charge in [-0.1, -0.05) is 13.0 Å². The van der Waals surface area contributed by atoms with Crippen LogP contribution in [0.3, 0.4) is 0 Å². The Kier molecular flexibility index (Phi) is 4.17. The maximum atomic E-state index is 12.1. The van der Waals surface area contributed by atoms with Gasteiger partial charge in [-0.25, -0.2) is 0 Å². The molecule has 5 heteroatoms. The van der Waals surface area contributed by atoms with Crippen molar-refractivity contribution in [2.24, 2.45) is 5.41 Å². The number of aliphatic carboxylic acids is 1. The number of aromatic nitrogens is 1. The Morgan fingerprint density at radius 1 is 1.55 bits per heavy atom. The Balaban J connectivity index is 2.02. The number of nitrogens with zero attached hydrogens (tertiary/aromatic N) is 2. The third-order valence-electron chi connectivity index (χ3n) is 3.90. The van der Waals surface area contributed by atoms with E-state index in [0.29, 0.717) is 19.4 Å². The van der Waals surface area contributed by atoms with Crippen LogP contribution in [-0.2, 0) is 9.59 Å². The molecule has 20 heavy (non-hydrogen) atoms. The van der Waals surface area contributed by atoms with Crippen LogP contribution < -0.4 is 0 Å². The van der Waals surface area contributed by atoms with Gasteiger partial charge in [0.15, 0.2) is 0 Å². The molecule has 0 aliphatic carbocycles. The van der Waals surface area contributed by atoms with E-state index in [1.54, 1.807) is 29.4 Å². The molecule has 1 unspecified atom stereocenters. The molecular formula is C15H18N2O3. The molecule has 2 rings (SSSR count). The first kappa shape index (κ1) is 14.2. The van der Waals surface area contributed by atoms with Crippen molar-refractivity contribution in [3.8, 4) is 0 Å². The van der Waals surface area contributed by atoms with Gasteiger partial charge in [0.25, 0.3) is 0 Å². The highest BCUT2D eigenvalue weighted by Crippen LogP contribution is 2.34. The summed E-state index contributed by atoms with van der Waals surface area (Å²) >= 11 is 0. The molecule has 2 heterocycles. The van der Waals surface area contributed by atoms with Crippen LogP contribution in [0.5, 0.6) is 0 Å². The van der Waals surface area contributed by atoms with Crippen LogP contribution in [0.25, 0.3) is 6.08 Å². The van der Waals surface area contributed by atoms with Crippen molar-refractivity contribution >= 4 is 18.0 Å². The topological polar surface area (TPSA) is 70.5 Å². The number of hydrogen-bond donors (Lipinski definition) is 1. The zero-order valence-electron chi connectivity index (χ0n) is 11.5. The van der Waals surface area contributed by atoms with Crippen molar-refractivity contribution in [1.29, 1.82) is 0 Å². The first-order valence-corrected chi connectivity index (χ1v) is 6.68. The van der Waals surface area contributed by atoms with E-state index in [0.717, 1.165) is 5.56 Å². The van der Waals surface area contributed by atoms with E-state index in [2.05, 4.69) is 4.98 Å². The largest absolute Gasteiger partial charge is 0.481 e. The summed E-state index contributed by atoms with van der Waals surface area (Å²) in [6, 6.07) is 3.65. The number of carbonyl (C=O) groups excluding carboxylic acids is 1. The number of carbonyl (C=O) groups is 2. The summed E-state index contributed by atoms with van der Waals surface area (Å²) in [5, 5.41) is 9.31. The average Bonchev–Trinajstić information content (AvgIpc) is 2.92. The number of likely N-dealkylation sites (tertiary alicyclic amines) is 1. The van der Waals surface area contributed by atoms with Crippen LogP contribution in [0.15, 0.2) is 30.6 Å². The van der Waals surface area contributed by atoms with Crippen LogP contribution in [0, 0.1) is 5.41 Å². The quantitative estimate of drug-likeness (QED) is 0.850. The lowest BCUT2D eigenvalue weighted by molar-refractivity contribution is -0.148. The molecule has 1 aliphatic heterocycles. The maximum absolute atomic E-state index is 12.1. The van der Waals surface area contributed by atoms with Crippen LogP contribution in [0.2, 0.25) is 0 Å². The fourth-order valence-corrected chi connectivity index (χ4v) is 2.42. The number of carboxylic acids is 1. The van der Waals surface area contributed by atoms with Crippen LogP contribution in [0.4, 0.5) is 0 Å². The Bertz CT molecular complexity index is 527. The van der Waals surface area contributed by atoms with Crippen molar-refractivity contribution in [2.45, 2.75) is 19.8 Å². The molecule has 0 saturated carbocycles. The fraction of sp³-hybridized carbons (Fsp3) is 0.400. The molecule has 1 atom stereocenters. The zero-order chi connectivity index (χ0) is 14.6. The minimum Gasteiger partial charge on any atom is -0.481 e. The van der Waals surface area contributed by atoms with Crippen molar-refractivity contribution in [2.75, 3.05) is 13.1 Å². The second kappa shape index (κ2) is 5.86. The summed E-state index contributed by atoms with van der Waals surface area (Å²) in [5.41, 5.74) is 0.0673. The molecule has 1 aromatic heterocycles. The summed E-state index contributed by atoms with van der Waals surface area (Å²) in [4.78, 5) is 29.0. The van der Waals surface area contributed by atoms with E-state index < -0.39 is 11.4 Å². The fourth-order valence-electron chi connectivity index (χ4n) is 2.42. The normalized spacial score (nSPS) is 22.4. The molecule has 0 radical (unpaired) electrons. The third-order valence-corrected chi connectivity index (χ3v) is 3.90. The molecule has 106 valence electrons. The van der Waals surface area contributed by atoms with Gasteiger partial charge in [-0.05, 0) is 30.5 Å². The standard InChI is InChI=1S/C15H18N2O3/c1-2-15(14(19)20)7-9-17(11-15)13(18)6-5-12-4-3-8-16-10-12/h3-6,8,10H,2,7,9,11H2,1H3,(H,19,20). The minimum absolute atomic E-state index is 0.148. The number of rotatable bonds is 4. The lowest BCUT2D eigenvalue weighted by Gasteiger charge is -2.22. The Morgan fingerprint density at radius 2 is 2.35 bits per heavy atom. The molecule has 5 nitrogen and oxygen atoms in total. The summed E-state index contributed by atoms with van der Waals surface area (Å²) in [7, 11) is 0. The Hall–Kier alpha value is -2.17. The number of carboxylic acid groups (broad SMARTS) is 1. The maximum Gasteiger partial charge on any atom is 0.311 e. The molecule has 1 fully saturated rings. The highest BCUT2D eigenvalue weighted by atomic mass is 16.4. The van der Waals surface area contributed by atoms with Gasteiger partial charge < -0.3 is 10.0 Å². The van der Waals surface area contributed by atoms with E-state index >= 15 is 0 Å². The summed E-state index contributed by atoms with van der Waals surface area (Å²) < 4.78 is 0. The van der Waals surface area contributed by atoms with Gasteiger partial charge in [0, 0.05) is 31.6 Å². The van der Waals surface area contributed by atoms with Crippen molar-refractivity contribution < 1.29 is 14.7 Å². The van der Waals surface area contributed by atoms with Crippen molar-refractivity contribution in [3.05, 3.63) is 36.2 Å². The van der Waals surface area contributed by atoms with Gasteiger partial charge >= 0.3 is 5.97 Å². The molecular weight excluding hydrogens is 256 g/mol. The van der Waals surface area contributed by atoms with E-state index in [1.165, 1.54) is 6.08 Å². The smallest absolute Gasteiger partial charge is 0.311 e. The van der Waals surface area contributed by atoms with Crippen LogP contribution in [0.1, 0.15) is 25.3 Å². The SMILES string of the molecule is CCC1(C(=O)O)CCN(C(=O)C=Cc2cccnc2)C1. The van der Waals surface area contributed by atoms with Crippen LogP contribution >= 0.6 is 0 Å². The van der Waals surface area contributed by atoms with Gasteiger partial charge in [-0.15, -0.1) is 0 Å². The van der Waals surface area contributed by atoms with E-state index in [-0.39, 0.29) is 12.5 Å². The second-order valence-corrected chi connectivity index (χ2v) is 5.07. The summed E-state index contributed by atoms with van der Waals surface area (Å²) in [6.45, 7) is 2.64. The average molecular weight is 274 g/mol. The third kappa shape index (κ3) is 2.87. The number of hydrogen-bond acceptors (Lipinski definition) is 3. The van der Waals surface area contributed by atoms with Crippen LogP contribution in [-0.4, -0.2) is 40.0 Å². The van der Waals surface area contributed by atoms with E-state index in [9.17, 15) is 14.7 Å². The second-order valence-electron chi connectivity index (χ2n) is 5.07.